The van der Waals surface area contributed by atoms with Crippen molar-refractivity contribution in [3.63, 3.8) is 0 Å². The topological polar surface area (TPSA) is 9.23 Å². The van der Waals surface area contributed by atoms with Crippen LogP contribution < -0.4 is 9.92 Å². The number of ether oxygens (including phenoxy) is 1. The first kappa shape index (κ1) is 20.2. The Morgan fingerprint density at radius 2 is 1.33 bits per heavy atom. The van der Waals surface area contributed by atoms with Gasteiger partial charge in [0.1, 0.15) is 5.75 Å². The molecule has 0 bridgehead atoms. The van der Waals surface area contributed by atoms with Gasteiger partial charge in [-0.15, -0.1) is 11.3 Å². The summed E-state index contributed by atoms with van der Waals surface area (Å²) in [6.45, 7) is 14.7. The average molecular weight is 397 g/mol. The molecule has 1 nitrogen and oxygen atoms in total. The summed E-state index contributed by atoms with van der Waals surface area (Å²) in [7, 11) is -0.0557. The van der Waals surface area contributed by atoms with Crippen LogP contribution in [0.5, 0.6) is 5.75 Å². The van der Waals surface area contributed by atoms with Crippen LogP contribution in [0.2, 0.25) is 16.6 Å². The highest BCUT2D eigenvalue weighted by Crippen LogP contribution is 2.46. The van der Waals surface area contributed by atoms with Gasteiger partial charge in [-0.25, -0.2) is 0 Å². The summed E-state index contributed by atoms with van der Waals surface area (Å²) in [6, 6.07) is 17.7. The van der Waals surface area contributed by atoms with E-state index in [-0.39, 0.29) is 0 Å². The Bertz CT molecular complexity index is 884. The second-order valence-electron chi connectivity index (χ2n) is 8.43. The number of fused-ring (bicyclic) bond motifs is 1. The van der Waals surface area contributed by atoms with Crippen LogP contribution in [0.4, 0.5) is 0 Å². The van der Waals surface area contributed by atoms with E-state index in [9.17, 15) is 0 Å². The van der Waals surface area contributed by atoms with Gasteiger partial charge in [-0.3, -0.25) is 0 Å². The molecule has 0 fully saturated rings. The molecule has 1 aromatic heterocycles. The summed E-state index contributed by atoms with van der Waals surface area (Å²) in [5.74, 6) is 0.918. The second-order valence-corrected chi connectivity index (χ2v) is 15.3. The number of hydrogen-bond acceptors (Lipinski definition) is 2. The standard InChI is InChI=1S/C24H32OSSi/c1-16(2)27(17(3)4,18(5)6)24-21-10-8-9-11-22(21)26-23(24)19-12-14-20(25-7)15-13-19/h8-18H,1-7H3. The number of rotatable bonds is 6. The molecule has 1 heterocycles. The first-order chi connectivity index (χ1) is 12.8. The third-order valence-electron chi connectivity index (χ3n) is 6.25. The highest BCUT2D eigenvalue weighted by Gasteiger charge is 2.47. The van der Waals surface area contributed by atoms with E-state index in [4.69, 9.17) is 4.74 Å². The Labute approximate surface area is 169 Å². The van der Waals surface area contributed by atoms with E-state index in [2.05, 4.69) is 90.1 Å². The Morgan fingerprint density at radius 1 is 0.778 bits per heavy atom. The third-order valence-corrected chi connectivity index (χ3v) is 14.8. The van der Waals surface area contributed by atoms with Crippen molar-refractivity contribution in [1.29, 1.82) is 0 Å². The molecule has 3 heteroatoms. The molecule has 27 heavy (non-hydrogen) atoms. The van der Waals surface area contributed by atoms with Crippen LogP contribution in [0.25, 0.3) is 20.5 Å². The Morgan fingerprint density at radius 3 is 1.85 bits per heavy atom. The molecule has 3 aromatic rings. The van der Waals surface area contributed by atoms with Gasteiger partial charge in [0.05, 0.1) is 15.2 Å². The molecule has 0 N–H and O–H groups in total. The largest absolute Gasteiger partial charge is 0.497 e. The highest BCUT2D eigenvalue weighted by atomic mass is 32.1. The van der Waals surface area contributed by atoms with Crippen molar-refractivity contribution >= 4 is 34.7 Å². The highest BCUT2D eigenvalue weighted by molar-refractivity contribution is 7.25. The molecule has 144 valence electrons. The zero-order valence-electron chi connectivity index (χ0n) is 17.7. The molecule has 0 unspecified atom stereocenters. The van der Waals surface area contributed by atoms with Gasteiger partial charge in [-0.1, -0.05) is 59.7 Å². The minimum atomic E-state index is -1.79. The van der Waals surface area contributed by atoms with E-state index >= 15 is 0 Å². The Balaban J connectivity index is 2.39. The molecule has 2 aromatic carbocycles. The van der Waals surface area contributed by atoms with Gasteiger partial charge >= 0.3 is 0 Å². The van der Waals surface area contributed by atoms with Crippen LogP contribution in [0, 0.1) is 0 Å². The van der Waals surface area contributed by atoms with Crippen molar-refractivity contribution in [3.8, 4) is 16.2 Å². The predicted octanol–water partition coefficient (Wildman–Crippen LogP) is 7.46. The minimum absolute atomic E-state index is 0.688. The zero-order chi connectivity index (χ0) is 19.8. The molecule has 0 aliphatic carbocycles. The number of hydrogen-bond donors (Lipinski definition) is 0. The summed E-state index contributed by atoms with van der Waals surface area (Å²) in [5, 5.41) is 3.16. The Kier molecular flexibility index (Phi) is 5.83. The van der Waals surface area contributed by atoms with E-state index in [1.54, 1.807) is 12.3 Å². The third kappa shape index (κ3) is 3.25. The van der Waals surface area contributed by atoms with Gasteiger partial charge in [-0.05, 0) is 63.1 Å². The SMILES string of the molecule is COc1ccc(-c2sc3ccccc3c2[Si](C(C)C)(C(C)C)C(C)C)cc1. The van der Waals surface area contributed by atoms with Crippen molar-refractivity contribution in [3.05, 3.63) is 48.5 Å². The lowest BCUT2D eigenvalue weighted by Crippen LogP contribution is -2.56. The fourth-order valence-electron chi connectivity index (χ4n) is 5.29. The van der Waals surface area contributed by atoms with Gasteiger partial charge in [0.2, 0.25) is 0 Å². The zero-order valence-corrected chi connectivity index (χ0v) is 19.5. The van der Waals surface area contributed by atoms with Crippen LogP contribution in [0.15, 0.2) is 48.5 Å². The second kappa shape index (κ2) is 7.81. The van der Waals surface area contributed by atoms with Crippen LogP contribution in [-0.4, -0.2) is 15.2 Å². The lowest BCUT2D eigenvalue weighted by atomic mass is 10.1. The molecule has 0 amide bonds. The number of methoxy groups -OCH3 is 1. The summed E-state index contributed by atoms with van der Waals surface area (Å²) < 4.78 is 6.80. The van der Waals surface area contributed by atoms with Crippen molar-refractivity contribution < 1.29 is 4.74 Å². The maximum Gasteiger partial charge on any atom is 0.118 e. The van der Waals surface area contributed by atoms with Crippen molar-refractivity contribution in [1.82, 2.24) is 0 Å². The van der Waals surface area contributed by atoms with Crippen molar-refractivity contribution in [2.75, 3.05) is 7.11 Å². The lowest BCUT2D eigenvalue weighted by molar-refractivity contribution is 0.415. The first-order valence-corrected chi connectivity index (χ1v) is 13.0. The van der Waals surface area contributed by atoms with Gasteiger partial charge in [-0.2, -0.15) is 0 Å². The molecule has 3 rings (SSSR count). The van der Waals surface area contributed by atoms with E-state index < -0.39 is 8.07 Å². The maximum atomic E-state index is 5.39. The summed E-state index contributed by atoms with van der Waals surface area (Å²) in [4.78, 5) is 1.47. The van der Waals surface area contributed by atoms with Gasteiger partial charge in [0, 0.05) is 9.58 Å². The molecule has 0 radical (unpaired) electrons. The van der Waals surface area contributed by atoms with Gasteiger partial charge in [0.25, 0.3) is 0 Å². The molecule has 0 saturated carbocycles. The molecule has 0 atom stereocenters. The first-order valence-electron chi connectivity index (χ1n) is 10.00. The van der Waals surface area contributed by atoms with Crippen molar-refractivity contribution in [2.24, 2.45) is 0 Å². The van der Waals surface area contributed by atoms with Crippen LogP contribution >= 0.6 is 11.3 Å². The molecular formula is C24H32OSSi. The summed E-state index contributed by atoms with van der Waals surface area (Å²) in [6.07, 6.45) is 0. The molecular weight excluding hydrogens is 364 g/mol. The molecule has 0 aliphatic heterocycles. The fraction of sp³-hybridized carbons (Fsp3) is 0.417. The molecule has 0 spiro atoms. The molecule has 0 saturated heterocycles. The van der Waals surface area contributed by atoms with Crippen molar-refractivity contribution in [2.45, 2.75) is 58.2 Å². The predicted molar refractivity (Wildman–Crippen MR) is 124 cm³/mol. The summed E-state index contributed by atoms with van der Waals surface area (Å²) in [5.41, 5.74) is 3.39. The van der Waals surface area contributed by atoms with E-state index in [1.807, 2.05) is 11.3 Å². The number of thiophene rings is 1. The minimum Gasteiger partial charge on any atom is -0.497 e. The van der Waals surface area contributed by atoms with Gasteiger partial charge in [0.15, 0.2) is 0 Å². The summed E-state index contributed by atoms with van der Waals surface area (Å²) >= 11 is 1.96. The smallest absolute Gasteiger partial charge is 0.118 e. The fourth-order valence-corrected chi connectivity index (χ4v) is 14.1. The maximum absolute atomic E-state index is 5.39. The van der Waals surface area contributed by atoms with Crippen LogP contribution in [0.1, 0.15) is 41.5 Å². The van der Waals surface area contributed by atoms with Gasteiger partial charge < -0.3 is 4.74 Å². The average Bonchev–Trinajstić information content (AvgIpc) is 3.01. The molecule has 0 aliphatic rings. The normalized spacial score (nSPS) is 12.5. The number of benzene rings is 2. The van der Waals surface area contributed by atoms with E-state index in [0.29, 0.717) is 16.6 Å². The monoisotopic (exact) mass is 396 g/mol. The Hall–Kier alpha value is -1.58. The van der Waals surface area contributed by atoms with Crippen LogP contribution in [0.3, 0.4) is 0 Å². The quantitative estimate of drug-likeness (QED) is 0.393. The van der Waals surface area contributed by atoms with E-state index in [0.717, 1.165) is 5.75 Å². The lowest BCUT2D eigenvalue weighted by Gasteiger charge is -2.44. The van der Waals surface area contributed by atoms with E-state index in [1.165, 1.54) is 20.5 Å². The van der Waals surface area contributed by atoms with Crippen LogP contribution in [-0.2, 0) is 0 Å².